The molecule has 0 atom stereocenters. The van der Waals surface area contributed by atoms with Gasteiger partial charge >= 0.3 is 5.97 Å². The lowest BCUT2D eigenvalue weighted by atomic mass is 10.1. The smallest absolute Gasteiger partial charge is 0.303 e. The van der Waals surface area contributed by atoms with Gasteiger partial charge in [0.05, 0.1) is 5.69 Å². The number of benzene rings is 1. The fraction of sp³-hybridized carbons (Fsp3) is 0.231. The molecule has 0 bridgehead atoms. The molecule has 1 aromatic heterocycles. The van der Waals surface area contributed by atoms with Crippen LogP contribution in [0, 0.1) is 0 Å². The average Bonchev–Trinajstić information content (AvgIpc) is 2.71. The minimum Gasteiger partial charge on any atom is -0.481 e. The van der Waals surface area contributed by atoms with Crippen LogP contribution in [0.1, 0.15) is 17.7 Å². The van der Waals surface area contributed by atoms with Crippen LogP contribution >= 0.6 is 22.9 Å². The maximum Gasteiger partial charge on any atom is 0.303 e. The molecule has 19 heavy (non-hydrogen) atoms. The third kappa shape index (κ3) is 3.68. The number of aliphatic carboxylic acids is 1. The summed E-state index contributed by atoms with van der Waals surface area (Å²) < 4.78 is 0. The molecule has 1 heterocycles. The van der Waals surface area contributed by atoms with E-state index in [1.165, 1.54) is 11.3 Å². The highest BCUT2D eigenvalue weighted by Gasteiger charge is 2.12. The molecule has 2 rings (SSSR count). The van der Waals surface area contributed by atoms with Crippen LogP contribution in [0.15, 0.2) is 24.3 Å². The summed E-state index contributed by atoms with van der Waals surface area (Å²) >= 11 is 7.26. The first kappa shape index (κ1) is 13.8. The molecule has 0 aliphatic heterocycles. The second kappa shape index (κ2) is 6.04. The van der Waals surface area contributed by atoms with Gasteiger partial charge in [-0.05, 0) is 25.0 Å². The molecular weight excluding hydrogens is 284 g/mol. The number of hydrogen-bond donors (Lipinski definition) is 2. The average molecular weight is 297 g/mol. The van der Waals surface area contributed by atoms with E-state index < -0.39 is 5.97 Å². The quantitative estimate of drug-likeness (QED) is 0.886. The number of carbonyl (C=O) groups is 1. The van der Waals surface area contributed by atoms with Gasteiger partial charge in [0, 0.05) is 21.9 Å². The monoisotopic (exact) mass is 296 g/mol. The van der Waals surface area contributed by atoms with Gasteiger partial charge in [-0.15, -0.1) is 11.3 Å². The summed E-state index contributed by atoms with van der Waals surface area (Å²) in [5, 5.41) is 9.82. The minimum atomic E-state index is -0.787. The van der Waals surface area contributed by atoms with E-state index in [0.717, 1.165) is 16.1 Å². The Balaban J connectivity index is 2.20. The molecule has 0 amide bonds. The molecule has 0 fully saturated rings. The topological polar surface area (TPSA) is 76.2 Å². The summed E-state index contributed by atoms with van der Waals surface area (Å²) in [5.41, 5.74) is 7.51. The van der Waals surface area contributed by atoms with Gasteiger partial charge in [-0.3, -0.25) is 4.79 Å². The van der Waals surface area contributed by atoms with Crippen LogP contribution < -0.4 is 5.73 Å². The Hall–Kier alpha value is -1.59. The molecule has 3 N–H and O–H groups in total. The number of rotatable bonds is 5. The Morgan fingerprint density at radius 1 is 1.37 bits per heavy atom. The molecule has 100 valence electrons. The van der Waals surface area contributed by atoms with Crippen LogP contribution in [0.3, 0.4) is 0 Å². The predicted molar refractivity (Wildman–Crippen MR) is 77.5 cm³/mol. The molecule has 0 saturated carbocycles. The summed E-state index contributed by atoms with van der Waals surface area (Å²) in [6.07, 6.45) is 1.40. The van der Waals surface area contributed by atoms with Crippen molar-refractivity contribution in [1.82, 2.24) is 4.98 Å². The van der Waals surface area contributed by atoms with Crippen molar-refractivity contribution in [2.24, 2.45) is 0 Å². The van der Waals surface area contributed by atoms with Crippen molar-refractivity contribution in [3.05, 3.63) is 34.2 Å². The molecule has 0 unspecified atom stereocenters. The van der Waals surface area contributed by atoms with Crippen molar-refractivity contribution in [1.29, 1.82) is 0 Å². The molecule has 0 aliphatic carbocycles. The zero-order valence-electron chi connectivity index (χ0n) is 10.1. The van der Waals surface area contributed by atoms with Crippen molar-refractivity contribution >= 4 is 34.0 Å². The molecule has 1 aromatic carbocycles. The van der Waals surface area contributed by atoms with Gasteiger partial charge in [-0.25, -0.2) is 4.98 Å². The van der Waals surface area contributed by atoms with E-state index in [0.29, 0.717) is 23.0 Å². The zero-order valence-corrected chi connectivity index (χ0v) is 11.7. The first-order valence-electron chi connectivity index (χ1n) is 5.79. The fourth-order valence-corrected chi connectivity index (χ4v) is 2.79. The van der Waals surface area contributed by atoms with E-state index in [1.54, 1.807) is 12.1 Å². The van der Waals surface area contributed by atoms with Crippen molar-refractivity contribution in [3.8, 4) is 11.3 Å². The van der Waals surface area contributed by atoms with Gasteiger partial charge in [0.2, 0.25) is 0 Å². The van der Waals surface area contributed by atoms with E-state index in [4.69, 9.17) is 22.4 Å². The maximum atomic E-state index is 10.5. The van der Waals surface area contributed by atoms with Crippen LogP contribution in [0.5, 0.6) is 0 Å². The molecule has 6 heteroatoms. The van der Waals surface area contributed by atoms with Crippen LogP contribution in [-0.2, 0) is 11.2 Å². The molecule has 2 aromatic rings. The lowest BCUT2D eigenvalue weighted by Gasteiger charge is -2.02. The van der Waals surface area contributed by atoms with Crippen LogP contribution in [0.4, 0.5) is 5.13 Å². The first-order chi connectivity index (χ1) is 9.06. The molecular formula is C13H13ClN2O2S. The highest BCUT2D eigenvalue weighted by atomic mass is 35.5. The molecule has 0 saturated heterocycles. The Labute approximate surface area is 119 Å². The minimum absolute atomic E-state index is 0.151. The Bertz CT molecular complexity index is 581. The standard InChI is InChI=1S/C13H13ClN2O2S/c14-9-6-4-8(5-7-9)12-10(19-13(15)16-12)2-1-3-11(17)18/h4-7H,1-3H2,(H2,15,16)(H,17,18). The summed E-state index contributed by atoms with van der Waals surface area (Å²) in [7, 11) is 0. The summed E-state index contributed by atoms with van der Waals surface area (Å²) in [6.45, 7) is 0. The fourth-order valence-electron chi connectivity index (χ4n) is 1.77. The van der Waals surface area contributed by atoms with E-state index in [-0.39, 0.29) is 6.42 Å². The molecule has 4 nitrogen and oxygen atoms in total. The van der Waals surface area contributed by atoms with Gasteiger partial charge in [-0.2, -0.15) is 0 Å². The number of nitrogen functional groups attached to an aromatic ring is 1. The molecule has 0 spiro atoms. The van der Waals surface area contributed by atoms with E-state index in [9.17, 15) is 4.79 Å². The number of aromatic nitrogens is 1. The lowest BCUT2D eigenvalue weighted by Crippen LogP contribution is -1.95. The van der Waals surface area contributed by atoms with Crippen LogP contribution in [-0.4, -0.2) is 16.1 Å². The number of carboxylic acid groups (broad SMARTS) is 1. The Kier molecular flexibility index (Phi) is 4.39. The number of nitrogens with zero attached hydrogens (tertiary/aromatic N) is 1. The first-order valence-corrected chi connectivity index (χ1v) is 6.98. The Morgan fingerprint density at radius 2 is 2.05 bits per heavy atom. The third-order valence-electron chi connectivity index (χ3n) is 2.63. The maximum absolute atomic E-state index is 10.5. The predicted octanol–water partition coefficient (Wildman–Crippen LogP) is 3.45. The number of nitrogens with two attached hydrogens (primary N) is 1. The molecule has 0 aliphatic rings. The molecule has 0 radical (unpaired) electrons. The number of anilines is 1. The number of carboxylic acids is 1. The largest absolute Gasteiger partial charge is 0.481 e. The van der Waals surface area contributed by atoms with Gasteiger partial charge in [0.1, 0.15) is 0 Å². The van der Waals surface area contributed by atoms with Gasteiger partial charge < -0.3 is 10.8 Å². The second-order valence-corrected chi connectivity index (χ2v) is 5.63. The Morgan fingerprint density at radius 3 is 2.68 bits per heavy atom. The summed E-state index contributed by atoms with van der Waals surface area (Å²) in [6, 6.07) is 7.37. The lowest BCUT2D eigenvalue weighted by molar-refractivity contribution is -0.137. The third-order valence-corrected chi connectivity index (χ3v) is 3.82. The van der Waals surface area contributed by atoms with Crippen molar-refractivity contribution in [2.45, 2.75) is 19.3 Å². The van der Waals surface area contributed by atoms with E-state index in [1.807, 2.05) is 12.1 Å². The normalized spacial score (nSPS) is 10.6. The van der Waals surface area contributed by atoms with Gasteiger partial charge in [0.25, 0.3) is 0 Å². The van der Waals surface area contributed by atoms with Crippen molar-refractivity contribution < 1.29 is 9.90 Å². The summed E-state index contributed by atoms with van der Waals surface area (Å²) in [4.78, 5) is 15.9. The van der Waals surface area contributed by atoms with Gasteiger partial charge in [-0.1, -0.05) is 23.7 Å². The van der Waals surface area contributed by atoms with E-state index in [2.05, 4.69) is 4.98 Å². The number of halogens is 1. The second-order valence-electron chi connectivity index (χ2n) is 4.08. The summed E-state index contributed by atoms with van der Waals surface area (Å²) in [5.74, 6) is -0.787. The highest BCUT2D eigenvalue weighted by Crippen LogP contribution is 2.31. The van der Waals surface area contributed by atoms with Crippen LogP contribution in [0.25, 0.3) is 11.3 Å². The number of hydrogen-bond acceptors (Lipinski definition) is 4. The highest BCUT2D eigenvalue weighted by molar-refractivity contribution is 7.15. The number of thiazole rings is 1. The SMILES string of the molecule is Nc1nc(-c2ccc(Cl)cc2)c(CCCC(=O)O)s1. The number of aryl methyl sites for hydroxylation is 1. The van der Waals surface area contributed by atoms with Crippen LogP contribution in [0.2, 0.25) is 5.02 Å². The van der Waals surface area contributed by atoms with Gasteiger partial charge in [0.15, 0.2) is 5.13 Å². The van der Waals surface area contributed by atoms with Crippen molar-refractivity contribution in [3.63, 3.8) is 0 Å². The zero-order chi connectivity index (χ0) is 13.8. The van der Waals surface area contributed by atoms with E-state index >= 15 is 0 Å². The van der Waals surface area contributed by atoms with Crippen molar-refractivity contribution in [2.75, 3.05) is 5.73 Å².